The quantitative estimate of drug-likeness (QED) is 0.863. The van der Waals surface area contributed by atoms with Crippen LogP contribution in [0.3, 0.4) is 0 Å². The summed E-state index contributed by atoms with van der Waals surface area (Å²) in [6, 6.07) is 9.10. The number of rotatable bonds is 6. The maximum Gasteiger partial charge on any atom is 0.0234 e. The van der Waals surface area contributed by atoms with Crippen LogP contribution in [0.4, 0.5) is 0 Å². The van der Waals surface area contributed by atoms with E-state index in [-0.39, 0.29) is 0 Å². The van der Waals surface area contributed by atoms with Crippen LogP contribution in [0.5, 0.6) is 0 Å². The molecule has 2 rings (SSSR count). The van der Waals surface area contributed by atoms with E-state index >= 15 is 0 Å². The molecule has 20 heavy (non-hydrogen) atoms. The van der Waals surface area contributed by atoms with Gasteiger partial charge in [0.05, 0.1) is 0 Å². The highest BCUT2D eigenvalue weighted by Crippen LogP contribution is 2.11. The number of benzene rings is 1. The highest BCUT2D eigenvalue weighted by atomic mass is 15.2. The standard InChI is InChI=1S/C17H29N3/c1-2-16-5-7-17(8-6-16)15-20-12-4-11-19(13-14-20)10-3-9-18/h5-8H,2-4,9-15,18H2,1H3. The molecule has 3 heteroatoms. The molecule has 0 saturated carbocycles. The fraction of sp³-hybridized carbons (Fsp3) is 0.647. The lowest BCUT2D eigenvalue weighted by Crippen LogP contribution is -2.31. The molecule has 0 unspecified atom stereocenters. The Morgan fingerprint density at radius 1 is 0.950 bits per heavy atom. The summed E-state index contributed by atoms with van der Waals surface area (Å²) in [4.78, 5) is 5.15. The van der Waals surface area contributed by atoms with Crippen LogP contribution in [0.2, 0.25) is 0 Å². The molecule has 0 bridgehead atoms. The largest absolute Gasteiger partial charge is 0.330 e. The highest BCUT2D eigenvalue weighted by Gasteiger charge is 2.14. The summed E-state index contributed by atoms with van der Waals surface area (Å²) < 4.78 is 0. The first kappa shape index (κ1) is 15.5. The van der Waals surface area contributed by atoms with E-state index in [1.807, 2.05) is 0 Å². The van der Waals surface area contributed by atoms with E-state index in [9.17, 15) is 0 Å². The summed E-state index contributed by atoms with van der Waals surface area (Å²) >= 11 is 0. The molecular weight excluding hydrogens is 246 g/mol. The second-order valence-corrected chi connectivity index (χ2v) is 5.78. The smallest absolute Gasteiger partial charge is 0.0234 e. The number of aryl methyl sites for hydroxylation is 1. The van der Waals surface area contributed by atoms with Gasteiger partial charge in [-0.25, -0.2) is 0 Å². The minimum atomic E-state index is 0.810. The fourth-order valence-electron chi connectivity index (χ4n) is 2.86. The van der Waals surface area contributed by atoms with E-state index in [4.69, 9.17) is 5.73 Å². The molecule has 0 spiro atoms. The maximum atomic E-state index is 5.60. The van der Waals surface area contributed by atoms with Gasteiger partial charge in [-0.05, 0) is 56.6 Å². The zero-order valence-electron chi connectivity index (χ0n) is 12.9. The Hall–Kier alpha value is -0.900. The lowest BCUT2D eigenvalue weighted by atomic mass is 10.1. The first-order valence-corrected chi connectivity index (χ1v) is 8.04. The maximum absolute atomic E-state index is 5.60. The Kier molecular flexibility index (Phi) is 6.51. The average Bonchev–Trinajstić information content (AvgIpc) is 2.71. The second-order valence-electron chi connectivity index (χ2n) is 5.78. The third-order valence-electron chi connectivity index (χ3n) is 4.20. The Balaban J connectivity index is 1.81. The molecule has 1 heterocycles. The molecule has 2 N–H and O–H groups in total. The molecule has 1 aliphatic heterocycles. The summed E-state index contributed by atoms with van der Waals surface area (Å²) in [5.74, 6) is 0. The first-order valence-electron chi connectivity index (χ1n) is 8.04. The lowest BCUT2D eigenvalue weighted by Gasteiger charge is -2.21. The van der Waals surface area contributed by atoms with E-state index in [1.165, 1.54) is 43.7 Å². The third-order valence-corrected chi connectivity index (χ3v) is 4.20. The van der Waals surface area contributed by atoms with Gasteiger partial charge in [0.2, 0.25) is 0 Å². The summed E-state index contributed by atoms with van der Waals surface area (Å²) in [6.45, 7) is 10.1. The minimum absolute atomic E-state index is 0.810. The van der Waals surface area contributed by atoms with Gasteiger partial charge < -0.3 is 10.6 Å². The van der Waals surface area contributed by atoms with Crippen LogP contribution in [0.1, 0.15) is 30.9 Å². The average molecular weight is 275 g/mol. The van der Waals surface area contributed by atoms with Crippen molar-refractivity contribution in [3.8, 4) is 0 Å². The van der Waals surface area contributed by atoms with Gasteiger partial charge in [0, 0.05) is 19.6 Å². The van der Waals surface area contributed by atoms with Crippen molar-refractivity contribution in [3.05, 3.63) is 35.4 Å². The van der Waals surface area contributed by atoms with Gasteiger partial charge in [0.15, 0.2) is 0 Å². The van der Waals surface area contributed by atoms with E-state index in [1.54, 1.807) is 0 Å². The van der Waals surface area contributed by atoms with Crippen molar-refractivity contribution < 1.29 is 0 Å². The Labute approximate surface area is 123 Å². The molecule has 0 amide bonds. The fourth-order valence-corrected chi connectivity index (χ4v) is 2.86. The van der Waals surface area contributed by atoms with Crippen LogP contribution in [0.15, 0.2) is 24.3 Å². The molecule has 0 atom stereocenters. The number of hydrogen-bond donors (Lipinski definition) is 1. The Morgan fingerprint density at radius 3 is 2.30 bits per heavy atom. The molecule has 1 aliphatic rings. The van der Waals surface area contributed by atoms with Gasteiger partial charge in [-0.1, -0.05) is 31.2 Å². The Bertz CT molecular complexity index is 374. The number of nitrogens with two attached hydrogens (primary N) is 1. The van der Waals surface area contributed by atoms with E-state index in [0.717, 1.165) is 32.5 Å². The summed E-state index contributed by atoms with van der Waals surface area (Å²) in [6.07, 6.45) is 3.52. The van der Waals surface area contributed by atoms with Crippen LogP contribution in [-0.2, 0) is 13.0 Å². The zero-order chi connectivity index (χ0) is 14.2. The molecule has 3 nitrogen and oxygen atoms in total. The third kappa shape index (κ3) is 4.89. The van der Waals surface area contributed by atoms with Crippen molar-refractivity contribution >= 4 is 0 Å². The predicted molar refractivity (Wildman–Crippen MR) is 85.8 cm³/mol. The lowest BCUT2D eigenvalue weighted by molar-refractivity contribution is 0.251. The van der Waals surface area contributed by atoms with Crippen molar-refractivity contribution in [2.45, 2.75) is 32.7 Å². The Morgan fingerprint density at radius 2 is 1.60 bits per heavy atom. The van der Waals surface area contributed by atoms with Crippen molar-refractivity contribution in [2.24, 2.45) is 5.73 Å². The molecule has 1 fully saturated rings. The van der Waals surface area contributed by atoms with Gasteiger partial charge in [-0.2, -0.15) is 0 Å². The molecule has 0 aliphatic carbocycles. The van der Waals surface area contributed by atoms with Crippen LogP contribution in [0, 0.1) is 0 Å². The van der Waals surface area contributed by atoms with Crippen LogP contribution >= 0.6 is 0 Å². The highest BCUT2D eigenvalue weighted by molar-refractivity contribution is 5.22. The van der Waals surface area contributed by atoms with Crippen LogP contribution in [-0.4, -0.2) is 49.1 Å². The summed E-state index contributed by atoms with van der Waals surface area (Å²) in [5.41, 5.74) is 8.47. The van der Waals surface area contributed by atoms with Crippen molar-refractivity contribution in [1.82, 2.24) is 9.80 Å². The van der Waals surface area contributed by atoms with Crippen LogP contribution in [0.25, 0.3) is 0 Å². The van der Waals surface area contributed by atoms with Crippen LogP contribution < -0.4 is 5.73 Å². The molecule has 0 radical (unpaired) electrons. The normalized spacial score (nSPS) is 18.1. The number of nitrogens with zero attached hydrogens (tertiary/aromatic N) is 2. The van der Waals surface area contributed by atoms with Crippen molar-refractivity contribution in [2.75, 3.05) is 39.3 Å². The predicted octanol–water partition coefficient (Wildman–Crippen LogP) is 2.11. The van der Waals surface area contributed by atoms with Gasteiger partial charge in [0.25, 0.3) is 0 Å². The molecule has 0 aromatic heterocycles. The molecule has 1 aromatic carbocycles. The van der Waals surface area contributed by atoms with E-state index in [0.29, 0.717) is 0 Å². The van der Waals surface area contributed by atoms with E-state index in [2.05, 4.69) is 41.0 Å². The first-order chi connectivity index (χ1) is 9.81. The van der Waals surface area contributed by atoms with Gasteiger partial charge in [-0.3, -0.25) is 4.90 Å². The van der Waals surface area contributed by atoms with Crippen molar-refractivity contribution in [1.29, 1.82) is 0 Å². The molecule has 112 valence electrons. The number of hydrogen-bond acceptors (Lipinski definition) is 3. The monoisotopic (exact) mass is 275 g/mol. The van der Waals surface area contributed by atoms with Gasteiger partial charge in [-0.15, -0.1) is 0 Å². The summed E-state index contributed by atoms with van der Waals surface area (Å²) in [5, 5.41) is 0. The summed E-state index contributed by atoms with van der Waals surface area (Å²) in [7, 11) is 0. The van der Waals surface area contributed by atoms with E-state index < -0.39 is 0 Å². The second kappa shape index (κ2) is 8.40. The molecule has 1 saturated heterocycles. The molecular formula is C17H29N3. The van der Waals surface area contributed by atoms with Crippen molar-refractivity contribution in [3.63, 3.8) is 0 Å². The molecule has 1 aromatic rings. The zero-order valence-corrected chi connectivity index (χ0v) is 12.9. The topological polar surface area (TPSA) is 32.5 Å². The van der Waals surface area contributed by atoms with Gasteiger partial charge in [0.1, 0.15) is 0 Å². The van der Waals surface area contributed by atoms with Gasteiger partial charge >= 0.3 is 0 Å². The SMILES string of the molecule is CCc1ccc(CN2CCCN(CCCN)CC2)cc1. The minimum Gasteiger partial charge on any atom is -0.330 e.